The first kappa shape index (κ1) is 9.40. The van der Waals surface area contributed by atoms with Crippen LogP contribution in [0.4, 0.5) is 0 Å². The van der Waals surface area contributed by atoms with Gasteiger partial charge in [-0.3, -0.25) is 0 Å². The van der Waals surface area contributed by atoms with Crippen molar-refractivity contribution in [2.75, 3.05) is 18.6 Å². The third-order valence-electron chi connectivity index (χ3n) is 2.68. The predicted molar refractivity (Wildman–Crippen MR) is 50.9 cm³/mol. The predicted octanol–water partition coefficient (Wildman–Crippen LogP) is 2.15. The van der Waals surface area contributed by atoms with Gasteiger partial charge in [-0.25, -0.2) is 0 Å². The monoisotopic (exact) mass is 174 g/mol. The summed E-state index contributed by atoms with van der Waals surface area (Å²) in [4.78, 5) is 0. The summed E-state index contributed by atoms with van der Waals surface area (Å²) in [6.07, 6.45) is 7.60. The normalized spacial score (nSPS) is 22.4. The molecule has 1 unspecified atom stereocenters. The molecule has 0 spiro atoms. The summed E-state index contributed by atoms with van der Waals surface area (Å²) in [5.74, 6) is 2.54. The summed E-state index contributed by atoms with van der Waals surface area (Å²) in [6, 6.07) is 0. The molecule has 1 saturated carbocycles. The summed E-state index contributed by atoms with van der Waals surface area (Å²) < 4.78 is 0. The number of aliphatic hydroxyl groups excluding tert-OH is 1. The van der Waals surface area contributed by atoms with Gasteiger partial charge < -0.3 is 5.11 Å². The molecular formula is C9H18OS. The number of hydrogen-bond acceptors (Lipinski definition) is 2. The number of aliphatic hydroxyl groups is 1. The van der Waals surface area contributed by atoms with Gasteiger partial charge in [0.1, 0.15) is 0 Å². The number of hydrogen-bond donors (Lipinski definition) is 1. The minimum absolute atomic E-state index is 0.394. The largest absolute Gasteiger partial charge is 0.396 e. The molecule has 2 heteroatoms. The third kappa shape index (κ3) is 2.68. The van der Waals surface area contributed by atoms with Gasteiger partial charge in [0.25, 0.3) is 0 Å². The molecule has 1 nitrogen and oxygen atoms in total. The highest BCUT2D eigenvalue weighted by Gasteiger charge is 2.23. The van der Waals surface area contributed by atoms with Crippen LogP contribution < -0.4 is 0 Å². The Kier molecular flexibility index (Phi) is 4.31. The van der Waals surface area contributed by atoms with E-state index in [1.807, 2.05) is 11.8 Å². The summed E-state index contributed by atoms with van der Waals surface area (Å²) in [5, 5.41) is 9.10. The van der Waals surface area contributed by atoms with Crippen molar-refractivity contribution in [2.24, 2.45) is 11.8 Å². The van der Waals surface area contributed by atoms with Crippen molar-refractivity contribution in [3.8, 4) is 0 Å². The zero-order chi connectivity index (χ0) is 8.10. The van der Waals surface area contributed by atoms with Crippen LogP contribution in [0.1, 0.15) is 25.7 Å². The lowest BCUT2D eigenvalue weighted by Crippen LogP contribution is -2.18. The summed E-state index contributed by atoms with van der Waals surface area (Å²) in [6.45, 7) is 0.394. The first-order valence-corrected chi connectivity index (χ1v) is 5.87. The molecule has 0 aliphatic heterocycles. The van der Waals surface area contributed by atoms with Gasteiger partial charge in [-0.2, -0.15) is 11.8 Å². The van der Waals surface area contributed by atoms with Crippen LogP contribution in [0.25, 0.3) is 0 Å². The molecule has 0 radical (unpaired) electrons. The first-order valence-electron chi connectivity index (χ1n) is 4.48. The maximum atomic E-state index is 9.10. The lowest BCUT2D eigenvalue weighted by Gasteiger charge is -2.19. The van der Waals surface area contributed by atoms with E-state index in [4.69, 9.17) is 5.11 Å². The van der Waals surface area contributed by atoms with E-state index in [1.54, 1.807) is 0 Å². The number of thioether (sulfide) groups is 1. The molecule has 0 heterocycles. The highest BCUT2D eigenvalue weighted by molar-refractivity contribution is 7.98. The van der Waals surface area contributed by atoms with E-state index in [2.05, 4.69) is 6.26 Å². The Morgan fingerprint density at radius 3 is 2.55 bits per heavy atom. The van der Waals surface area contributed by atoms with Crippen LogP contribution in [0.3, 0.4) is 0 Å². The van der Waals surface area contributed by atoms with E-state index in [-0.39, 0.29) is 0 Å². The van der Waals surface area contributed by atoms with Crippen molar-refractivity contribution >= 4 is 11.8 Å². The van der Waals surface area contributed by atoms with E-state index in [1.165, 1.54) is 25.7 Å². The van der Waals surface area contributed by atoms with Crippen molar-refractivity contribution in [3.05, 3.63) is 0 Å². The second-order valence-corrected chi connectivity index (χ2v) is 4.35. The Labute approximate surface area is 73.6 Å². The summed E-state index contributed by atoms with van der Waals surface area (Å²) in [7, 11) is 0. The Morgan fingerprint density at radius 2 is 2.09 bits per heavy atom. The molecule has 0 bridgehead atoms. The van der Waals surface area contributed by atoms with Gasteiger partial charge in [0.05, 0.1) is 0 Å². The van der Waals surface area contributed by atoms with Crippen LogP contribution in [-0.4, -0.2) is 23.7 Å². The highest BCUT2D eigenvalue weighted by Crippen LogP contribution is 2.32. The van der Waals surface area contributed by atoms with Crippen LogP contribution in [0, 0.1) is 11.8 Å². The zero-order valence-corrected chi connectivity index (χ0v) is 8.07. The van der Waals surface area contributed by atoms with Crippen molar-refractivity contribution in [2.45, 2.75) is 25.7 Å². The maximum absolute atomic E-state index is 9.10. The van der Waals surface area contributed by atoms with E-state index >= 15 is 0 Å². The molecule has 1 N–H and O–H groups in total. The Bertz CT molecular complexity index is 99.7. The minimum Gasteiger partial charge on any atom is -0.396 e. The molecule has 0 aromatic rings. The fourth-order valence-electron chi connectivity index (χ4n) is 1.98. The molecule has 11 heavy (non-hydrogen) atoms. The van der Waals surface area contributed by atoms with E-state index in [9.17, 15) is 0 Å². The topological polar surface area (TPSA) is 20.2 Å². The van der Waals surface area contributed by atoms with Crippen molar-refractivity contribution in [1.82, 2.24) is 0 Å². The fraction of sp³-hybridized carbons (Fsp3) is 1.00. The van der Waals surface area contributed by atoms with E-state index in [0.717, 1.165) is 11.7 Å². The molecule has 0 saturated heterocycles. The second kappa shape index (κ2) is 5.04. The minimum atomic E-state index is 0.394. The molecule has 1 fully saturated rings. The van der Waals surface area contributed by atoms with E-state index < -0.39 is 0 Å². The van der Waals surface area contributed by atoms with Gasteiger partial charge >= 0.3 is 0 Å². The SMILES string of the molecule is CSCC(CO)C1CCCC1. The Hall–Kier alpha value is 0.310. The van der Waals surface area contributed by atoms with Gasteiger partial charge in [0, 0.05) is 6.61 Å². The number of rotatable bonds is 4. The average Bonchev–Trinajstić information content (AvgIpc) is 2.52. The molecule has 1 aliphatic carbocycles. The van der Waals surface area contributed by atoms with Crippen LogP contribution in [-0.2, 0) is 0 Å². The van der Waals surface area contributed by atoms with Gasteiger partial charge in [-0.05, 0) is 23.8 Å². The van der Waals surface area contributed by atoms with E-state index in [0.29, 0.717) is 12.5 Å². The lowest BCUT2D eigenvalue weighted by molar-refractivity contribution is 0.193. The smallest absolute Gasteiger partial charge is 0.0469 e. The van der Waals surface area contributed by atoms with Crippen LogP contribution in [0.2, 0.25) is 0 Å². The van der Waals surface area contributed by atoms with Gasteiger partial charge in [-0.15, -0.1) is 0 Å². The lowest BCUT2D eigenvalue weighted by atomic mass is 9.93. The van der Waals surface area contributed by atoms with Gasteiger partial charge in [0.2, 0.25) is 0 Å². The summed E-state index contributed by atoms with van der Waals surface area (Å²) in [5.41, 5.74) is 0. The highest BCUT2D eigenvalue weighted by atomic mass is 32.2. The quantitative estimate of drug-likeness (QED) is 0.704. The third-order valence-corrected chi connectivity index (χ3v) is 3.44. The molecule has 66 valence electrons. The van der Waals surface area contributed by atoms with Crippen molar-refractivity contribution in [1.29, 1.82) is 0 Å². The molecule has 1 atom stereocenters. The molecule has 0 aromatic heterocycles. The van der Waals surface area contributed by atoms with Crippen LogP contribution in [0.5, 0.6) is 0 Å². The standard InChI is InChI=1S/C9H18OS/c1-11-7-9(6-10)8-4-2-3-5-8/h8-10H,2-7H2,1H3. The van der Waals surface area contributed by atoms with Crippen LogP contribution in [0.15, 0.2) is 0 Å². The second-order valence-electron chi connectivity index (χ2n) is 3.44. The van der Waals surface area contributed by atoms with Crippen molar-refractivity contribution in [3.63, 3.8) is 0 Å². The Balaban J connectivity index is 2.27. The van der Waals surface area contributed by atoms with Gasteiger partial charge in [0.15, 0.2) is 0 Å². The summed E-state index contributed by atoms with van der Waals surface area (Å²) >= 11 is 1.86. The van der Waals surface area contributed by atoms with Gasteiger partial charge in [-0.1, -0.05) is 25.7 Å². The average molecular weight is 174 g/mol. The molecule has 1 aliphatic rings. The molecular weight excluding hydrogens is 156 g/mol. The first-order chi connectivity index (χ1) is 5.38. The Morgan fingerprint density at radius 1 is 1.45 bits per heavy atom. The molecule has 0 amide bonds. The van der Waals surface area contributed by atoms with Crippen molar-refractivity contribution < 1.29 is 5.11 Å². The molecule has 1 rings (SSSR count). The molecule has 0 aromatic carbocycles. The maximum Gasteiger partial charge on any atom is 0.0469 e. The zero-order valence-electron chi connectivity index (χ0n) is 7.25. The fourth-order valence-corrected chi connectivity index (χ4v) is 2.79. The van der Waals surface area contributed by atoms with Crippen LogP contribution >= 0.6 is 11.8 Å².